The number of hydrogen-bond donors (Lipinski definition) is 1. The van der Waals surface area contributed by atoms with Crippen LogP contribution >= 0.6 is 0 Å². The Bertz CT molecular complexity index is 744. The van der Waals surface area contributed by atoms with E-state index in [0.29, 0.717) is 18.8 Å². The van der Waals surface area contributed by atoms with Gasteiger partial charge in [0.1, 0.15) is 0 Å². The molecule has 16 heteroatoms. The maximum absolute atomic E-state index is 11.7. The molecule has 1 N–H and O–H groups in total. The number of nitrogens with zero attached hydrogens (tertiary/aromatic N) is 5. The zero-order valence-corrected chi connectivity index (χ0v) is 12.8. The van der Waals surface area contributed by atoms with Crippen molar-refractivity contribution in [1.82, 2.24) is 13.7 Å². The van der Waals surface area contributed by atoms with Gasteiger partial charge >= 0.3 is 16.1 Å². The molecule has 0 aliphatic rings. The van der Waals surface area contributed by atoms with Crippen molar-refractivity contribution in [3.8, 4) is 0 Å². The van der Waals surface area contributed by atoms with Gasteiger partial charge in [0, 0.05) is 5.22 Å². The predicted molar refractivity (Wildman–Crippen MR) is 65.9 cm³/mol. The zero-order chi connectivity index (χ0) is 16.4. The largest absolute Gasteiger partial charge is 0.459 e. The van der Waals surface area contributed by atoms with Crippen LogP contribution in [0.3, 0.4) is 0 Å². The third-order valence-electron chi connectivity index (χ3n) is 1.35. The quantitative estimate of drug-likeness (QED) is 0.265. The summed E-state index contributed by atoms with van der Waals surface area (Å²) in [4.78, 5) is 15.0. The number of rotatable bonds is 5. The van der Waals surface area contributed by atoms with E-state index in [4.69, 9.17) is 5.53 Å². The summed E-state index contributed by atoms with van der Waals surface area (Å²) in [7, 11) is -13.2. The minimum absolute atomic E-state index is 0.430. The lowest BCUT2D eigenvalue weighted by molar-refractivity contribution is 0.200. The molecular weight excluding hydrogens is 340 g/mol. The van der Waals surface area contributed by atoms with E-state index in [2.05, 4.69) is 5.22 Å². The third kappa shape index (κ3) is 5.57. The average molecular weight is 350 g/mol. The lowest BCUT2D eigenvalue weighted by atomic mass is 11.1. The molecule has 0 saturated heterocycles. The number of amides is 2. The fourth-order valence-electron chi connectivity index (χ4n) is 0.760. The van der Waals surface area contributed by atoms with Crippen LogP contribution in [0.15, 0.2) is 5.22 Å². The Morgan fingerprint density at radius 3 is 1.75 bits per heavy atom. The highest BCUT2D eigenvalue weighted by atomic mass is 32.2. The molecule has 0 bridgehead atoms. The molecule has 2 amide bonds. The summed E-state index contributed by atoms with van der Waals surface area (Å²) >= 11 is 0. The van der Waals surface area contributed by atoms with Crippen LogP contribution in [-0.2, 0) is 30.1 Å². The summed E-state index contributed by atoms with van der Waals surface area (Å²) in [5.41, 5.74) is 8.16. The van der Waals surface area contributed by atoms with Gasteiger partial charge in [-0.15, -0.1) is 14.8 Å². The van der Waals surface area contributed by atoms with Crippen LogP contribution in [0, 0.1) is 0 Å². The third-order valence-corrected chi connectivity index (χ3v) is 3.75. The number of carbonyl (C=O) groups excluding carboxylic acids is 1. The lowest BCUT2D eigenvalue weighted by Crippen LogP contribution is -2.53. The van der Waals surface area contributed by atoms with Crippen LogP contribution in [0.5, 0.6) is 0 Å². The van der Waals surface area contributed by atoms with Crippen molar-refractivity contribution in [2.24, 2.45) is 5.22 Å². The van der Waals surface area contributed by atoms with Gasteiger partial charge in [0.05, 0.1) is 18.8 Å². The molecule has 0 saturated carbocycles. The van der Waals surface area contributed by atoms with E-state index in [9.17, 15) is 30.0 Å². The molecule has 0 fully saturated rings. The number of carbonyl (C=O) groups is 1. The van der Waals surface area contributed by atoms with Crippen molar-refractivity contribution in [2.75, 3.05) is 18.8 Å². The standard InChI is InChI=1S/C4H10N6O7S3/c1-18(12,13)8-10(20(3,16)17)4(11)9(7-6-5)19(2,14)15/h8H,1-3H3. The summed E-state index contributed by atoms with van der Waals surface area (Å²) in [6.45, 7) is 0. The van der Waals surface area contributed by atoms with Crippen molar-refractivity contribution in [3.05, 3.63) is 10.4 Å². The molecule has 13 nitrogen and oxygen atoms in total. The van der Waals surface area contributed by atoms with Crippen LogP contribution < -0.4 is 4.83 Å². The Morgan fingerprint density at radius 2 is 1.50 bits per heavy atom. The van der Waals surface area contributed by atoms with Gasteiger partial charge in [0.25, 0.3) is 10.0 Å². The maximum Gasteiger partial charge on any atom is 0.459 e. The van der Waals surface area contributed by atoms with Gasteiger partial charge in [0.2, 0.25) is 10.0 Å². The van der Waals surface area contributed by atoms with Gasteiger partial charge < -0.3 is 0 Å². The minimum Gasteiger partial charge on any atom is -0.216 e. The number of sulfonamides is 3. The molecule has 0 aliphatic carbocycles. The monoisotopic (exact) mass is 350 g/mol. The van der Waals surface area contributed by atoms with Gasteiger partial charge in [-0.2, -0.15) is 13.3 Å². The Hall–Kier alpha value is -1.61. The number of hydrazine groups is 1. The normalized spacial score (nSPS) is 12.3. The molecule has 0 aromatic heterocycles. The van der Waals surface area contributed by atoms with Crippen molar-refractivity contribution in [3.63, 3.8) is 0 Å². The molecule has 0 spiro atoms. The number of hydrogen-bond acceptors (Lipinski definition) is 8. The number of azide groups is 1. The van der Waals surface area contributed by atoms with Crippen molar-refractivity contribution < 1.29 is 30.0 Å². The summed E-state index contributed by atoms with van der Waals surface area (Å²) in [5.74, 6) is 0. The van der Waals surface area contributed by atoms with Crippen molar-refractivity contribution in [1.29, 1.82) is 0 Å². The molecule has 0 aliphatic heterocycles. The van der Waals surface area contributed by atoms with E-state index in [1.807, 2.05) is 4.91 Å². The fraction of sp³-hybridized carbons (Fsp3) is 0.750. The first-order valence-corrected chi connectivity index (χ1v) is 9.86. The Balaban J connectivity index is 5.95. The molecule has 20 heavy (non-hydrogen) atoms. The number of urea groups is 1. The van der Waals surface area contributed by atoms with E-state index in [1.165, 1.54) is 4.83 Å². The highest BCUT2D eigenvalue weighted by Gasteiger charge is 2.39. The molecular formula is C4H10N6O7S3. The van der Waals surface area contributed by atoms with Crippen LogP contribution in [0.25, 0.3) is 10.4 Å². The Kier molecular flexibility index (Phi) is 5.33. The fourth-order valence-corrected chi connectivity index (χ4v) is 3.03. The van der Waals surface area contributed by atoms with Crippen LogP contribution in [-0.4, -0.2) is 58.9 Å². The molecule has 0 atom stereocenters. The average Bonchev–Trinajstić information content (AvgIpc) is 2.17. The number of nitrogens with one attached hydrogen (secondary N) is 1. The second-order valence-corrected chi connectivity index (χ2v) is 8.73. The van der Waals surface area contributed by atoms with E-state index in [1.54, 1.807) is 0 Å². The first kappa shape index (κ1) is 18.4. The summed E-state index contributed by atoms with van der Waals surface area (Å²) in [6.07, 6.45) is 1.40. The van der Waals surface area contributed by atoms with E-state index in [0.717, 1.165) is 0 Å². The van der Waals surface area contributed by atoms with Gasteiger partial charge in [-0.1, -0.05) is 0 Å². The molecule has 0 radical (unpaired) electrons. The highest BCUT2D eigenvalue weighted by molar-refractivity contribution is 7.92. The van der Waals surface area contributed by atoms with Crippen molar-refractivity contribution >= 4 is 36.1 Å². The van der Waals surface area contributed by atoms with Crippen LogP contribution in [0.2, 0.25) is 0 Å². The van der Waals surface area contributed by atoms with Gasteiger partial charge in [-0.3, -0.25) is 0 Å². The topological polar surface area (TPSA) is 187 Å². The molecule has 0 heterocycles. The highest BCUT2D eigenvalue weighted by Crippen LogP contribution is 2.08. The second kappa shape index (κ2) is 5.80. The minimum atomic E-state index is -4.52. The molecule has 0 aromatic carbocycles. The summed E-state index contributed by atoms with van der Waals surface area (Å²) in [6, 6.07) is -1.93. The van der Waals surface area contributed by atoms with Gasteiger partial charge in [0.15, 0.2) is 0 Å². The smallest absolute Gasteiger partial charge is 0.216 e. The Morgan fingerprint density at radius 1 is 1.05 bits per heavy atom. The van der Waals surface area contributed by atoms with Crippen molar-refractivity contribution in [2.45, 2.75) is 0 Å². The lowest BCUT2D eigenvalue weighted by Gasteiger charge is -2.20. The van der Waals surface area contributed by atoms with Crippen LogP contribution in [0.4, 0.5) is 4.79 Å². The maximum atomic E-state index is 11.7. The first-order chi connectivity index (χ1) is 8.70. The second-order valence-electron chi connectivity index (χ2n) is 3.36. The van der Waals surface area contributed by atoms with Crippen LogP contribution in [0.1, 0.15) is 0 Å². The molecule has 0 rings (SSSR count). The van der Waals surface area contributed by atoms with Gasteiger partial charge in [-0.05, 0) is 4.41 Å². The van der Waals surface area contributed by atoms with E-state index in [-0.39, 0.29) is 0 Å². The Labute approximate surface area is 114 Å². The SMILES string of the molecule is CS(=O)(=O)NN(C(=O)N(N=[N+]=[N-])S(C)(=O)=O)S(C)(=O)=O. The first-order valence-electron chi connectivity index (χ1n) is 4.27. The summed E-state index contributed by atoms with van der Waals surface area (Å²) < 4.78 is 66.0. The zero-order valence-electron chi connectivity index (χ0n) is 10.3. The van der Waals surface area contributed by atoms with E-state index >= 15 is 0 Å². The van der Waals surface area contributed by atoms with E-state index < -0.39 is 44.9 Å². The summed E-state index contributed by atoms with van der Waals surface area (Å²) in [5, 5.41) is 2.50. The molecule has 116 valence electrons. The van der Waals surface area contributed by atoms with Gasteiger partial charge in [-0.25, -0.2) is 21.6 Å². The predicted octanol–water partition coefficient (Wildman–Crippen LogP) is -1.68. The molecule has 0 aromatic rings. The molecule has 0 unspecified atom stereocenters.